The lowest BCUT2D eigenvalue weighted by Crippen LogP contribution is -2.60. The molecule has 2 aromatic carbocycles. The highest BCUT2D eigenvalue weighted by Gasteiger charge is 2.51. The van der Waals surface area contributed by atoms with Gasteiger partial charge in [0.2, 0.25) is 5.91 Å². The van der Waals surface area contributed by atoms with Crippen LogP contribution in [0.25, 0.3) is 22.0 Å². The molecule has 0 spiro atoms. The minimum atomic E-state index is -0.642. The van der Waals surface area contributed by atoms with E-state index in [0.717, 1.165) is 28.5 Å². The second-order valence-corrected chi connectivity index (χ2v) is 12.4. The van der Waals surface area contributed by atoms with Gasteiger partial charge in [-0.3, -0.25) is 19.4 Å². The number of piperazine rings is 1. The first kappa shape index (κ1) is 27.7. The number of fused-ring (bicyclic) bond motifs is 3. The van der Waals surface area contributed by atoms with Crippen molar-refractivity contribution in [1.82, 2.24) is 24.7 Å². The minimum Gasteiger partial charge on any atom is -0.351 e. The Kier molecular flexibility index (Phi) is 7.09. The van der Waals surface area contributed by atoms with Crippen molar-refractivity contribution in [2.24, 2.45) is 5.41 Å². The Morgan fingerprint density at radius 3 is 2.24 bits per heavy atom. The Labute approximate surface area is 246 Å². The molecule has 0 aliphatic carbocycles. The smallest absolute Gasteiger partial charge is 0.272 e. The van der Waals surface area contributed by atoms with E-state index >= 15 is 0 Å². The topological polar surface area (TPSA) is 89.6 Å². The molecule has 216 valence electrons. The number of para-hydroxylation sites is 1. The molecule has 2 aromatic heterocycles. The molecule has 4 aromatic rings. The first-order valence-corrected chi connectivity index (χ1v) is 14.7. The van der Waals surface area contributed by atoms with E-state index in [2.05, 4.69) is 9.97 Å². The number of pyridine rings is 1. The number of benzene rings is 2. The highest BCUT2D eigenvalue weighted by molar-refractivity contribution is 6.00. The highest BCUT2D eigenvalue weighted by atomic mass is 16.2. The van der Waals surface area contributed by atoms with Gasteiger partial charge in [-0.2, -0.15) is 0 Å². The molecule has 8 heteroatoms. The monoisotopic (exact) mass is 563 g/mol. The van der Waals surface area contributed by atoms with Gasteiger partial charge in [-0.1, -0.05) is 75.4 Å². The molecule has 1 N–H and O–H groups in total. The number of carbonyl (C=O) groups excluding carboxylic acids is 3. The van der Waals surface area contributed by atoms with E-state index in [1.165, 1.54) is 0 Å². The number of rotatable bonds is 6. The van der Waals surface area contributed by atoms with E-state index in [0.29, 0.717) is 31.0 Å². The van der Waals surface area contributed by atoms with E-state index in [9.17, 15) is 14.4 Å². The van der Waals surface area contributed by atoms with Gasteiger partial charge in [0, 0.05) is 42.3 Å². The number of aromatic nitrogens is 2. The summed E-state index contributed by atoms with van der Waals surface area (Å²) in [5.41, 5.74) is 3.30. The lowest BCUT2D eigenvalue weighted by molar-refractivity contribution is -0.142. The van der Waals surface area contributed by atoms with Crippen molar-refractivity contribution in [3.05, 3.63) is 90.4 Å². The van der Waals surface area contributed by atoms with Gasteiger partial charge in [-0.15, -0.1) is 0 Å². The fourth-order valence-corrected chi connectivity index (χ4v) is 6.57. The van der Waals surface area contributed by atoms with Gasteiger partial charge >= 0.3 is 0 Å². The van der Waals surface area contributed by atoms with Crippen LogP contribution in [-0.2, 0) is 4.79 Å². The summed E-state index contributed by atoms with van der Waals surface area (Å²) in [6.45, 7) is 9.26. The summed E-state index contributed by atoms with van der Waals surface area (Å²) in [7, 11) is 0. The van der Waals surface area contributed by atoms with Crippen molar-refractivity contribution in [2.45, 2.75) is 52.2 Å². The number of amides is 3. The van der Waals surface area contributed by atoms with Crippen LogP contribution in [0.4, 0.5) is 0 Å². The molecule has 3 atom stereocenters. The fraction of sp³-hybridized carbons (Fsp3) is 0.353. The van der Waals surface area contributed by atoms with Crippen molar-refractivity contribution in [3.63, 3.8) is 0 Å². The van der Waals surface area contributed by atoms with Crippen LogP contribution in [0.2, 0.25) is 0 Å². The SMILES string of the molecule is CCN(C(=O)c1cc2ccccc2[nH]1)[C@H](C(=O)N1C[C@@H]2CC1CN2C(=O)c1ccc(-c2ccccc2)cn1)C(C)(C)C. The second kappa shape index (κ2) is 10.7. The van der Waals surface area contributed by atoms with Gasteiger partial charge in [0.1, 0.15) is 17.4 Å². The quantitative estimate of drug-likeness (QED) is 0.348. The lowest BCUT2D eigenvalue weighted by atomic mass is 9.84. The zero-order valence-electron chi connectivity index (χ0n) is 24.6. The van der Waals surface area contributed by atoms with E-state index in [4.69, 9.17) is 0 Å². The number of hydrogen-bond donors (Lipinski definition) is 1. The van der Waals surface area contributed by atoms with Crippen molar-refractivity contribution in [1.29, 1.82) is 0 Å². The Morgan fingerprint density at radius 2 is 1.62 bits per heavy atom. The molecule has 42 heavy (non-hydrogen) atoms. The van der Waals surface area contributed by atoms with Crippen LogP contribution in [0.15, 0.2) is 79.0 Å². The van der Waals surface area contributed by atoms with Crippen molar-refractivity contribution in [2.75, 3.05) is 19.6 Å². The van der Waals surface area contributed by atoms with E-state index < -0.39 is 11.5 Å². The second-order valence-electron chi connectivity index (χ2n) is 12.4. The lowest BCUT2D eigenvalue weighted by Gasteiger charge is -2.43. The number of H-pyrrole nitrogens is 1. The maximum absolute atomic E-state index is 14.2. The Hall–Kier alpha value is -4.46. The molecule has 0 radical (unpaired) electrons. The molecule has 2 bridgehead atoms. The molecular formula is C34H37N5O3. The predicted octanol–water partition coefficient (Wildman–Crippen LogP) is 5.23. The van der Waals surface area contributed by atoms with Crippen LogP contribution >= 0.6 is 0 Å². The molecule has 2 aliphatic rings. The van der Waals surface area contributed by atoms with Gasteiger partial charge in [-0.05, 0) is 42.5 Å². The molecule has 4 heterocycles. The minimum absolute atomic E-state index is 0.0567. The third-order valence-corrected chi connectivity index (χ3v) is 8.60. The zero-order chi connectivity index (χ0) is 29.6. The Balaban J connectivity index is 1.17. The molecule has 8 nitrogen and oxygen atoms in total. The third-order valence-electron chi connectivity index (χ3n) is 8.60. The number of aromatic amines is 1. The number of likely N-dealkylation sites (tertiary alicyclic amines) is 2. The summed E-state index contributed by atoms with van der Waals surface area (Å²) in [6, 6.07) is 22.5. The summed E-state index contributed by atoms with van der Waals surface area (Å²) in [6.07, 6.45) is 2.47. The average molecular weight is 564 g/mol. The van der Waals surface area contributed by atoms with Crippen LogP contribution in [0, 0.1) is 5.41 Å². The molecule has 2 aliphatic heterocycles. The van der Waals surface area contributed by atoms with Crippen LogP contribution < -0.4 is 0 Å². The standard InChI is InChI=1S/C34H37N5O3/c1-5-37(32(41)29-17-23-13-9-10-14-27(23)36-29)30(34(2,3)4)33(42)39-21-25-18-26(39)20-38(25)31(40)28-16-15-24(19-35-28)22-11-7-6-8-12-22/h6-17,19,25-26,30,36H,5,18,20-21H2,1-4H3/t25-,26?,30+/m0/s1. The summed E-state index contributed by atoms with van der Waals surface area (Å²) in [5, 5.41) is 0.960. The van der Waals surface area contributed by atoms with Gasteiger partial charge in [0.05, 0.1) is 12.1 Å². The predicted molar refractivity (Wildman–Crippen MR) is 163 cm³/mol. The van der Waals surface area contributed by atoms with Crippen molar-refractivity contribution in [3.8, 4) is 11.1 Å². The molecule has 6 rings (SSSR count). The van der Waals surface area contributed by atoms with Gasteiger partial charge < -0.3 is 19.7 Å². The number of nitrogens with zero attached hydrogens (tertiary/aromatic N) is 4. The maximum atomic E-state index is 14.2. The first-order valence-electron chi connectivity index (χ1n) is 14.7. The number of carbonyl (C=O) groups is 3. The molecule has 1 unspecified atom stereocenters. The molecule has 2 saturated heterocycles. The molecule has 3 amide bonds. The summed E-state index contributed by atoms with van der Waals surface area (Å²) in [5.74, 6) is -0.349. The van der Waals surface area contributed by atoms with Gasteiger partial charge in [-0.25, -0.2) is 0 Å². The number of likely N-dealkylation sites (N-methyl/N-ethyl adjacent to an activating group) is 1. The fourth-order valence-electron chi connectivity index (χ4n) is 6.57. The largest absolute Gasteiger partial charge is 0.351 e. The third kappa shape index (κ3) is 4.95. The van der Waals surface area contributed by atoms with Crippen molar-refractivity contribution < 1.29 is 14.4 Å². The summed E-state index contributed by atoms with van der Waals surface area (Å²) >= 11 is 0. The number of hydrogen-bond acceptors (Lipinski definition) is 4. The summed E-state index contributed by atoms with van der Waals surface area (Å²) < 4.78 is 0. The Morgan fingerprint density at radius 1 is 0.929 bits per heavy atom. The van der Waals surface area contributed by atoms with Gasteiger partial charge in [0.25, 0.3) is 11.8 Å². The first-order chi connectivity index (χ1) is 20.2. The summed E-state index contributed by atoms with van der Waals surface area (Å²) in [4.78, 5) is 54.6. The molecule has 0 saturated carbocycles. The Bertz CT molecular complexity index is 1590. The average Bonchev–Trinajstić information content (AvgIpc) is 3.73. The zero-order valence-corrected chi connectivity index (χ0v) is 24.6. The maximum Gasteiger partial charge on any atom is 0.272 e. The highest BCUT2D eigenvalue weighted by Crippen LogP contribution is 2.36. The van der Waals surface area contributed by atoms with Crippen LogP contribution in [0.1, 0.15) is 55.1 Å². The van der Waals surface area contributed by atoms with E-state index in [1.54, 1.807) is 17.2 Å². The van der Waals surface area contributed by atoms with E-state index in [-0.39, 0.29) is 29.8 Å². The van der Waals surface area contributed by atoms with Gasteiger partial charge in [0.15, 0.2) is 0 Å². The van der Waals surface area contributed by atoms with Crippen LogP contribution in [-0.4, -0.2) is 80.1 Å². The molecular weight excluding hydrogens is 526 g/mol. The number of nitrogens with one attached hydrogen (secondary N) is 1. The molecule has 2 fully saturated rings. The van der Waals surface area contributed by atoms with Crippen LogP contribution in [0.3, 0.4) is 0 Å². The van der Waals surface area contributed by atoms with Crippen molar-refractivity contribution >= 4 is 28.6 Å². The van der Waals surface area contributed by atoms with Crippen LogP contribution in [0.5, 0.6) is 0 Å². The normalized spacial score (nSPS) is 18.9. The van der Waals surface area contributed by atoms with E-state index in [1.807, 2.05) is 104 Å².